The quantitative estimate of drug-likeness (QED) is 0.734. The van der Waals surface area contributed by atoms with Gasteiger partial charge in [0.05, 0.1) is 23.0 Å². The fourth-order valence-electron chi connectivity index (χ4n) is 4.89. The fourth-order valence-corrected chi connectivity index (χ4v) is 5.93. The minimum atomic E-state index is -0.741. The molecule has 0 saturated carbocycles. The number of Topliss-reactive ketones (excluding diaryl/α,β-unsaturated/α-hetero) is 1. The zero-order valence-electron chi connectivity index (χ0n) is 16.4. The van der Waals surface area contributed by atoms with Gasteiger partial charge in [0.25, 0.3) is 5.91 Å². The van der Waals surface area contributed by atoms with E-state index in [-0.39, 0.29) is 28.7 Å². The van der Waals surface area contributed by atoms with Crippen LogP contribution in [0.15, 0.2) is 18.2 Å². The third kappa shape index (κ3) is 3.43. The third-order valence-corrected chi connectivity index (χ3v) is 7.43. The van der Waals surface area contributed by atoms with Gasteiger partial charge in [0.1, 0.15) is 6.04 Å². The molecule has 1 aromatic heterocycles. The van der Waals surface area contributed by atoms with Gasteiger partial charge < -0.3 is 5.32 Å². The molecule has 1 N–H and O–H groups in total. The second-order valence-electron chi connectivity index (χ2n) is 8.13. The average molecular weight is 444 g/mol. The molecule has 6 nitrogen and oxygen atoms in total. The van der Waals surface area contributed by atoms with E-state index < -0.39 is 6.04 Å². The van der Waals surface area contributed by atoms with Crippen molar-refractivity contribution in [3.8, 4) is 0 Å². The maximum atomic E-state index is 13.5. The Morgan fingerprint density at radius 3 is 2.87 bits per heavy atom. The molecule has 156 valence electrons. The van der Waals surface area contributed by atoms with Crippen LogP contribution < -0.4 is 5.32 Å². The summed E-state index contributed by atoms with van der Waals surface area (Å²) in [4.78, 5) is 44.8. The van der Waals surface area contributed by atoms with Gasteiger partial charge in [0.2, 0.25) is 5.12 Å². The number of nitrogens with one attached hydrogen (secondary N) is 1. The first-order valence-electron chi connectivity index (χ1n) is 10.4. The van der Waals surface area contributed by atoms with Gasteiger partial charge in [0.15, 0.2) is 5.78 Å². The van der Waals surface area contributed by atoms with Crippen LogP contribution in [0.1, 0.15) is 47.3 Å². The number of thioether (sulfide) groups is 1. The van der Waals surface area contributed by atoms with Crippen molar-refractivity contribution in [2.75, 3.05) is 12.3 Å². The summed E-state index contributed by atoms with van der Waals surface area (Å²) < 4.78 is 0. The molecule has 3 aliphatic rings. The summed E-state index contributed by atoms with van der Waals surface area (Å²) >= 11 is 7.31. The summed E-state index contributed by atoms with van der Waals surface area (Å²) in [5.41, 5.74) is 3.38. The van der Waals surface area contributed by atoms with Crippen molar-refractivity contribution in [1.82, 2.24) is 15.2 Å². The smallest absolute Gasteiger partial charge is 0.253 e. The first-order valence-corrected chi connectivity index (χ1v) is 11.8. The number of piperidine rings is 1. The van der Waals surface area contributed by atoms with Crippen LogP contribution in [0.4, 0.5) is 0 Å². The highest BCUT2D eigenvalue weighted by Crippen LogP contribution is 2.32. The number of likely N-dealkylation sites (tertiary alicyclic amines) is 1. The number of benzene rings is 1. The lowest BCUT2D eigenvalue weighted by Crippen LogP contribution is -2.57. The van der Waals surface area contributed by atoms with Crippen molar-refractivity contribution >= 4 is 51.1 Å². The molecule has 0 spiro atoms. The Kier molecular flexibility index (Phi) is 5.29. The Morgan fingerprint density at radius 1 is 1.20 bits per heavy atom. The van der Waals surface area contributed by atoms with Crippen molar-refractivity contribution < 1.29 is 14.4 Å². The third-order valence-electron chi connectivity index (χ3n) is 6.26. The molecule has 2 aromatic rings. The molecule has 3 heterocycles. The van der Waals surface area contributed by atoms with E-state index in [2.05, 4.69) is 5.32 Å². The van der Waals surface area contributed by atoms with Crippen molar-refractivity contribution in [1.29, 1.82) is 0 Å². The zero-order chi connectivity index (χ0) is 20.8. The van der Waals surface area contributed by atoms with Gasteiger partial charge in [-0.2, -0.15) is 0 Å². The number of carbonyl (C=O) groups is 3. The highest BCUT2D eigenvalue weighted by atomic mass is 35.5. The fraction of sp³-hybridized carbons (Fsp3) is 0.455. The summed E-state index contributed by atoms with van der Waals surface area (Å²) in [6.45, 7) is 0.634. The molecule has 30 heavy (non-hydrogen) atoms. The SMILES string of the molecule is O=C(NC1CCCCN1C1C(=O)CSC1=O)c1c2c(nc3ccc(Cl)cc13)CCC2. The number of carbonyl (C=O) groups excluding carboxylic acids is 3. The predicted molar refractivity (Wildman–Crippen MR) is 117 cm³/mol. The number of nitrogens with zero attached hydrogens (tertiary/aromatic N) is 2. The van der Waals surface area contributed by atoms with E-state index in [1.54, 1.807) is 12.1 Å². The summed E-state index contributed by atoms with van der Waals surface area (Å²) in [5, 5.41) is 4.36. The molecule has 2 unspecified atom stereocenters. The van der Waals surface area contributed by atoms with Gasteiger partial charge in [-0.05, 0) is 62.3 Å². The predicted octanol–water partition coefficient (Wildman–Crippen LogP) is 3.13. The van der Waals surface area contributed by atoms with Crippen molar-refractivity contribution in [2.24, 2.45) is 0 Å². The second-order valence-corrected chi connectivity index (χ2v) is 9.54. The lowest BCUT2D eigenvalue weighted by molar-refractivity contribution is -0.129. The molecule has 0 bridgehead atoms. The molecule has 2 saturated heterocycles. The first kappa shape index (κ1) is 20.0. The van der Waals surface area contributed by atoms with Crippen molar-refractivity contribution in [2.45, 2.75) is 50.7 Å². The van der Waals surface area contributed by atoms with E-state index in [0.717, 1.165) is 72.4 Å². The molecule has 2 aliphatic heterocycles. The minimum absolute atomic E-state index is 0.0619. The Morgan fingerprint density at radius 2 is 2.07 bits per heavy atom. The van der Waals surface area contributed by atoms with Crippen LogP contribution in [-0.4, -0.2) is 51.2 Å². The van der Waals surface area contributed by atoms with Crippen LogP contribution in [0.2, 0.25) is 5.02 Å². The van der Waals surface area contributed by atoms with E-state index in [9.17, 15) is 14.4 Å². The van der Waals surface area contributed by atoms with Crippen molar-refractivity contribution in [3.05, 3.63) is 40.0 Å². The van der Waals surface area contributed by atoms with Crippen molar-refractivity contribution in [3.63, 3.8) is 0 Å². The van der Waals surface area contributed by atoms with Gasteiger partial charge in [0, 0.05) is 22.6 Å². The van der Waals surface area contributed by atoms with E-state index in [4.69, 9.17) is 16.6 Å². The van der Waals surface area contributed by atoms with Gasteiger partial charge in [-0.3, -0.25) is 24.3 Å². The highest BCUT2D eigenvalue weighted by molar-refractivity contribution is 8.15. The first-order chi connectivity index (χ1) is 14.5. The number of ketones is 1. The largest absolute Gasteiger partial charge is 0.336 e. The van der Waals surface area contributed by atoms with Crippen LogP contribution in [0.3, 0.4) is 0 Å². The molecule has 1 aromatic carbocycles. The molecular weight excluding hydrogens is 422 g/mol. The summed E-state index contributed by atoms with van der Waals surface area (Å²) in [6, 6.07) is 4.71. The van der Waals surface area contributed by atoms with Crippen LogP contribution in [0, 0.1) is 0 Å². The normalized spacial score (nSPS) is 24.4. The molecular formula is C22H22ClN3O3S. The number of hydrogen-bond acceptors (Lipinski definition) is 6. The number of hydrogen-bond donors (Lipinski definition) is 1. The number of rotatable bonds is 3. The van der Waals surface area contributed by atoms with Gasteiger partial charge in [-0.15, -0.1) is 0 Å². The topological polar surface area (TPSA) is 79.4 Å². The van der Waals surface area contributed by atoms with Crippen LogP contribution in [0.25, 0.3) is 10.9 Å². The van der Waals surface area contributed by atoms with Crippen LogP contribution >= 0.6 is 23.4 Å². The molecule has 8 heteroatoms. The molecule has 0 radical (unpaired) electrons. The van der Waals surface area contributed by atoms with Crippen LogP contribution in [0.5, 0.6) is 0 Å². The minimum Gasteiger partial charge on any atom is -0.336 e. The maximum absolute atomic E-state index is 13.5. The number of aromatic nitrogens is 1. The molecule has 1 amide bonds. The summed E-state index contributed by atoms with van der Waals surface area (Å²) in [6.07, 6.45) is 4.91. The number of amides is 1. The lowest BCUT2D eigenvalue weighted by atomic mass is 9.99. The molecule has 2 fully saturated rings. The van der Waals surface area contributed by atoms with Gasteiger partial charge in [-0.25, -0.2) is 0 Å². The Hall–Kier alpha value is -1.96. The zero-order valence-corrected chi connectivity index (χ0v) is 18.0. The van der Waals surface area contributed by atoms with Gasteiger partial charge in [-0.1, -0.05) is 23.4 Å². The number of fused-ring (bicyclic) bond motifs is 2. The highest BCUT2D eigenvalue weighted by Gasteiger charge is 2.42. The summed E-state index contributed by atoms with van der Waals surface area (Å²) in [5.74, 6) is -0.0137. The molecule has 5 rings (SSSR count). The standard InChI is InChI=1S/C22H22ClN3O3S/c23-12-7-8-16-14(10-12)19(13-4-3-5-15(13)24-16)21(28)25-18-6-1-2-9-26(18)20-17(27)11-30-22(20)29/h7-8,10,18,20H,1-6,9,11H2,(H,25,28). The summed E-state index contributed by atoms with van der Waals surface area (Å²) in [7, 11) is 0. The van der Waals surface area contributed by atoms with E-state index in [1.807, 2.05) is 11.0 Å². The molecule has 2 atom stereocenters. The maximum Gasteiger partial charge on any atom is 0.253 e. The average Bonchev–Trinajstić information content (AvgIpc) is 3.32. The number of pyridine rings is 1. The lowest BCUT2D eigenvalue weighted by Gasteiger charge is -2.38. The number of halogens is 1. The Balaban J connectivity index is 1.50. The Bertz CT molecular complexity index is 1060. The van der Waals surface area contributed by atoms with E-state index in [1.165, 1.54) is 0 Å². The van der Waals surface area contributed by atoms with E-state index >= 15 is 0 Å². The van der Waals surface area contributed by atoms with E-state index in [0.29, 0.717) is 17.1 Å². The van der Waals surface area contributed by atoms with Gasteiger partial charge >= 0.3 is 0 Å². The Labute approximate surface area is 183 Å². The molecule has 1 aliphatic carbocycles. The monoisotopic (exact) mass is 443 g/mol. The second kappa shape index (κ2) is 7.94. The number of aryl methyl sites for hydroxylation is 1. The van der Waals surface area contributed by atoms with Crippen LogP contribution in [-0.2, 0) is 22.4 Å².